The molecule has 0 radical (unpaired) electrons. The minimum absolute atomic E-state index is 0.420. The molecule has 0 aliphatic heterocycles. The van der Waals surface area contributed by atoms with Gasteiger partial charge >= 0.3 is 0 Å². The van der Waals surface area contributed by atoms with Crippen molar-refractivity contribution in [2.45, 2.75) is 0 Å². The minimum Gasteiger partial charge on any atom is -0.263 e. The van der Waals surface area contributed by atoms with Crippen molar-refractivity contribution in [3.05, 3.63) is 10.1 Å². The molecule has 0 saturated heterocycles. The summed E-state index contributed by atoms with van der Waals surface area (Å²) in [6, 6.07) is 0. The van der Waals surface area contributed by atoms with Crippen LogP contribution in [0.4, 0.5) is 0 Å². The lowest BCUT2D eigenvalue weighted by Crippen LogP contribution is -2.19. The van der Waals surface area contributed by atoms with Crippen molar-refractivity contribution < 1.29 is 4.92 Å². The van der Waals surface area contributed by atoms with E-state index in [1.165, 1.54) is 7.05 Å². The smallest absolute Gasteiger partial charge is 0.263 e. The van der Waals surface area contributed by atoms with Gasteiger partial charge in [0, 0.05) is 12.0 Å². The fraction of sp³-hybridized carbons (Fsp3) is 0.667. The van der Waals surface area contributed by atoms with Crippen molar-refractivity contribution in [2.75, 3.05) is 13.7 Å². The third kappa shape index (κ3) is 2.90. The zero-order chi connectivity index (χ0) is 6.57. The van der Waals surface area contributed by atoms with Gasteiger partial charge in [0.2, 0.25) is 0 Å². The first-order valence-corrected chi connectivity index (χ1v) is 1.89. The Balaban J connectivity index is 3.43. The quantitative estimate of drug-likeness (QED) is 0.162. The molecule has 0 saturated carbocycles. The maximum Gasteiger partial charge on any atom is 0.285 e. The summed E-state index contributed by atoms with van der Waals surface area (Å²) in [7, 11) is 1.35. The van der Waals surface area contributed by atoms with Gasteiger partial charge in [-0.15, -0.1) is 0 Å². The molecule has 0 rings (SSSR count). The summed E-state index contributed by atoms with van der Waals surface area (Å²) in [6.07, 6.45) is 1.59. The standard InChI is InChI=1S/C3H5N3O2/c1-5(2-4)3-6(7)8/h3H2,1H3. The van der Waals surface area contributed by atoms with Gasteiger partial charge in [-0.2, -0.15) is 5.26 Å². The maximum absolute atomic E-state index is 9.58. The van der Waals surface area contributed by atoms with Gasteiger partial charge < -0.3 is 0 Å². The van der Waals surface area contributed by atoms with Crippen molar-refractivity contribution in [1.82, 2.24) is 4.90 Å². The normalized spacial score (nSPS) is 7.50. The first-order chi connectivity index (χ1) is 3.66. The largest absolute Gasteiger partial charge is 0.285 e. The van der Waals surface area contributed by atoms with Crippen LogP contribution in [-0.2, 0) is 0 Å². The highest BCUT2D eigenvalue weighted by molar-refractivity contribution is 4.63. The lowest BCUT2D eigenvalue weighted by atomic mass is 10.9. The summed E-state index contributed by atoms with van der Waals surface area (Å²) < 4.78 is 0. The summed E-state index contributed by atoms with van der Waals surface area (Å²) in [5, 5.41) is 17.5. The average molecular weight is 115 g/mol. The highest BCUT2D eigenvalue weighted by Crippen LogP contribution is 1.74. The van der Waals surface area contributed by atoms with Crippen LogP contribution in [0.15, 0.2) is 0 Å². The Kier molecular flexibility index (Phi) is 2.34. The molecule has 0 aromatic rings. The molecular formula is C3H5N3O2. The van der Waals surface area contributed by atoms with Gasteiger partial charge in [-0.1, -0.05) is 0 Å². The second-order valence-corrected chi connectivity index (χ2v) is 1.27. The summed E-state index contributed by atoms with van der Waals surface area (Å²) in [4.78, 5) is 9.95. The molecule has 0 amide bonds. The molecule has 0 atom stereocenters. The zero-order valence-electron chi connectivity index (χ0n) is 4.37. The van der Waals surface area contributed by atoms with E-state index in [-0.39, 0.29) is 0 Å². The Morgan fingerprint density at radius 3 is 2.62 bits per heavy atom. The van der Waals surface area contributed by atoms with Crippen molar-refractivity contribution in [3.63, 3.8) is 0 Å². The third-order valence-electron chi connectivity index (χ3n) is 0.498. The molecule has 0 heterocycles. The van der Waals surface area contributed by atoms with Gasteiger partial charge in [0.05, 0.1) is 0 Å². The fourth-order valence-electron chi connectivity index (χ4n) is 0.205. The van der Waals surface area contributed by atoms with Crippen molar-refractivity contribution in [1.29, 1.82) is 5.26 Å². The zero-order valence-corrected chi connectivity index (χ0v) is 4.37. The van der Waals surface area contributed by atoms with E-state index < -0.39 is 11.6 Å². The number of hydrogen-bond acceptors (Lipinski definition) is 4. The van der Waals surface area contributed by atoms with Gasteiger partial charge in [0.25, 0.3) is 6.67 Å². The minimum atomic E-state index is -0.566. The second-order valence-electron chi connectivity index (χ2n) is 1.27. The monoisotopic (exact) mass is 115 g/mol. The van der Waals surface area contributed by atoms with E-state index in [1.54, 1.807) is 6.19 Å². The van der Waals surface area contributed by atoms with Crippen LogP contribution in [-0.4, -0.2) is 23.5 Å². The van der Waals surface area contributed by atoms with Crippen LogP contribution in [0.1, 0.15) is 0 Å². The van der Waals surface area contributed by atoms with Crippen LogP contribution in [0.3, 0.4) is 0 Å². The molecule has 0 aliphatic carbocycles. The number of nitriles is 1. The number of nitro groups is 1. The number of hydrogen-bond donors (Lipinski definition) is 0. The van der Waals surface area contributed by atoms with Crippen LogP contribution in [0.2, 0.25) is 0 Å². The Bertz CT molecular complexity index is 127. The maximum atomic E-state index is 9.58. The van der Waals surface area contributed by atoms with E-state index in [0.29, 0.717) is 0 Å². The van der Waals surface area contributed by atoms with E-state index in [2.05, 4.69) is 0 Å². The molecule has 0 spiro atoms. The van der Waals surface area contributed by atoms with Gasteiger partial charge in [0.15, 0.2) is 6.19 Å². The molecule has 0 aromatic carbocycles. The molecule has 5 heteroatoms. The second kappa shape index (κ2) is 2.80. The predicted molar refractivity (Wildman–Crippen MR) is 25.2 cm³/mol. The molecule has 0 unspecified atom stereocenters. The Morgan fingerprint density at radius 1 is 2.00 bits per heavy atom. The highest BCUT2D eigenvalue weighted by atomic mass is 16.6. The molecule has 0 aromatic heterocycles. The van der Waals surface area contributed by atoms with Crippen molar-refractivity contribution in [2.24, 2.45) is 0 Å². The van der Waals surface area contributed by atoms with Crippen LogP contribution in [0.5, 0.6) is 0 Å². The molecule has 44 valence electrons. The van der Waals surface area contributed by atoms with E-state index >= 15 is 0 Å². The first-order valence-electron chi connectivity index (χ1n) is 1.89. The fourth-order valence-corrected chi connectivity index (χ4v) is 0.205. The van der Waals surface area contributed by atoms with Crippen LogP contribution in [0.25, 0.3) is 0 Å². The Morgan fingerprint density at radius 2 is 2.50 bits per heavy atom. The van der Waals surface area contributed by atoms with Crippen LogP contribution in [0, 0.1) is 21.6 Å². The molecule has 0 aliphatic rings. The molecular weight excluding hydrogens is 110 g/mol. The van der Waals surface area contributed by atoms with E-state index in [4.69, 9.17) is 5.26 Å². The van der Waals surface area contributed by atoms with E-state index in [0.717, 1.165) is 4.90 Å². The van der Waals surface area contributed by atoms with Crippen molar-refractivity contribution >= 4 is 0 Å². The summed E-state index contributed by atoms with van der Waals surface area (Å²) in [5.74, 6) is 0. The van der Waals surface area contributed by atoms with Gasteiger partial charge in [-0.05, 0) is 0 Å². The Hall–Kier alpha value is -1.31. The average Bonchev–Trinajstić information content (AvgIpc) is 1.65. The van der Waals surface area contributed by atoms with Gasteiger partial charge in [0.1, 0.15) is 0 Å². The topological polar surface area (TPSA) is 70.2 Å². The van der Waals surface area contributed by atoms with Crippen LogP contribution >= 0.6 is 0 Å². The van der Waals surface area contributed by atoms with Crippen LogP contribution < -0.4 is 0 Å². The predicted octanol–water partition coefficient (Wildman–Crippen LogP) is -0.367. The Labute approximate surface area is 46.3 Å². The molecule has 5 nitrogen and oxygen atoms in total. The summed E-state index contributed by atoms with van der Waals surface area (Å²) >= 11 is 0. The van der Waals surface area contributed by atoms with E-state index in [9.17, 15) is 10.1 Å². The molecule has 0 fully saturated rings. The third-order valence-corrected chi connectivity index (χ3v) is 0.498. The van der Waals surface area contributed by atoms with Crippen molar-refractivity contribution in [3.8, 4) is 6.19 Å². The van der Waals surface area contributed by atoms with Gasteiger partial charge in [-0.3, -0.25) is 15.0 Å². The summed E-state index contributed by atoms with van der Waals surface area (Å²) in [5.41, 5.74) is 0. The lowest BCUT2D eigenvalue weighted by Gasteiger charge is -1.98. The van der Waals surface area contributed by atoms with E-state index in [1.807, 2.05) is 0 Å². The summed E-state index contributed by atoms with van der Waals surface area (Å²) in [6.45, 7) is -0.420. The SMILES string of the molecule is CN(C#N)C[N+](=O)[O-]. The molecule has 0 bridgehead atoms. The number of rotatable bonds is 2. The number of nitrogens with zero attached hydrogens (tertiary/aromatic N) is 3. The molecule has 0 N–H and O–H groups in total. The van der Waals surface area contributed by atoms with Gasteiger partial charge in [-0.25, -0.2) is 0 Å². The lowest BCUT2D eigenvalue weighted by molar-refractivity contribution is -0.498. The molecule has 8 heavy (non-hydrogen) atoms. The first kappa shape index (κ1) is 6.69. The highest BCUT2D eigenvalue weighted by Gasteiger charge is 1.98.